The summed E-state index contributed by atoms with van der Waals surface area (Å²) in [6.45, 7) is 6.76. The summed E-state index contributed by atoms with van der Waals surface area (Å²) in [6, 6.07) is 0. The Morgan fingerprint density at radius 2 is 2.00 bits per heavy atom. The first-order valence-electron chi connectivity index (χ1n) is 6.04. The summed E-state index contributed by atoms with van der Waals surface area (Å²) in [6.07, 6.45) is 4.76. The van der Waals surface area contributed by atoms with E-state index in [0.717, 1.165) is 31.8 Å². The summed E-state index contributed by atoms with van der Waals surface area (Å²) in [5.41, 5.74) is 1.34. The molecule has 2 heterocycles. The van der Waals surface area contributed by atoms with E-state index in [0.29, 0.717) is 0 Å². The van der Waals surface area contributed by atoms with E-state index in [9.17, 15) is 0 Å². The van der Waals surface area contributed by atoms with Crippen LogP contribution in [0.1, 0.15) is 48.2 Å². The van der Waals surface area contributed by atoms with E-state index >= 15 is 0 Å². The zero-order valence-electron chi connectivity index (χ0n) is 9.68. The maximum absolute atomic E-state index is 4.81. The van der Waals surface area contributed by atoms with Gasteiger partial charge in [-0.25, -0.2) is 4.98 Å². The molecule has 0 atom stereocenters. The average Bonchev–Trinajstić information content (AvgIpc) is 2.73. The molecule has 1 aromatic heterocycles. The lowest BCUT2D eigenvalue weighted by atomic mass is 9.99. The van der Waals surface area contributed by atoms with Crippen LogP contribution in [0.5, 0.6) is 0 Å². The average molecular weight is 224 g/mol. The standard InChI is InChI=1S/C12H20N2S/c1-3-10-11(4-2)15-12(14-10)9-5-7-13-8-6-9/h9,13H,3-8H2,1-2H3. The minimum absolute atomic E-state index is 0.724. The van der Waals surface area contributed by atoms with Crippen LogP contribution < -0.4 is 5.32 Å². The number of hydrogen-bond donors (Lipinski definition) is 1. The molecule has 0 radical (unpaired) electrons. The van der Waals surface area contributed by atoms with Crippen molar-refractivity contribution in [1.82, 2.24) is 10.3 Å². The molecule has 0 aromatic carbocycles. The smallest absolute Gasteiger partial charge is 0.0962 e. The van der Waals surface area contributed by atoms with Crippen LogP contribution >= 0.6 is 11.3 Å². The van der Waals surface area contributed by atoms with Crippen LogP contribution in [0.15, 0.2) is 0 Å². The molecule has 0 amide bonds. The van der Waals surface area contributed by atoms with Gasteiger partial charge in [-0.15, -0.1) is 11.3 Å². The zero-order chi connectivity index (χ0) is 10.7. The number of nitrogens with one attached hydrogen (secondary N) is 1. The van der Waals surface area contributed by atoms with Crippen LogP contribution in [-0.4, -0.2) is 18.1 Å². The van der Waals surface area contributed by atoms with E-state index in [1.54, 1.807) is 0 Å². The molecule has 1 saturated heterocycles. The van der Waals surface area contributed by atoms with Crippen molar-refractivity contribution in [2.75, 3.05) is 13.1 Å². The number of hydrogen-bond acceptors (Lipinski definition) is 3. The van der Waals surface area contributed by atoms with Gasteiger partial charge in [0.15, 0.2) is 0 Å². The Morgan fingerprint density at radius 1 is 1.27 bits per heavy atom. The predicted molar refractivity (Wildman–Crippen MR) is 65.7 cm³/mol. The first-order valence-corrected chi connectivity index (χ1v) is 6.86. The zero-order valence-corrected chi connectivity index (χ0v) is 10.5. The first kappa shape index (κ1) is 11.1. The van der Waals surface area contributed by atoms with E-state index in [2.05, 4.69) is 19.2 Å². The maximum atomic E-state index is 4.81. The molecule has 1 aromatic rings. The number of aromatic nitrogens is 1. The highest BCUT2D eigenvalue weighted by atomic mass is 32.1. The Balaban J connectivity index is 2.16. The van der Waals surface area contributed by atoms with Crippen LogP contribution in [-0.2, 0) is 12.8 Å². The van der Waals surface area contributed by atoms with Crippen molar-refractivity contribution in [2.24, 2.45) is 0 Å². The van der Waals surface area contributed by atoms with Gasteiger partial charge in [0.1, 0.15) is 0 Å². The van der Waals surface area contributed by atoms with Crippen LogP contribution in [0.25, 0.3) is 0 Å². The molecule has 0 unspecified atom stereocenters. The number of piperidine rings is 1. The molecule has 1 aliphatic rings. The normalized spacial score (nSPS) is 18.3. The van der Waals surface area contributed by atoms with Crippen molar-refractivity contribution in [3.05, 3.63) is 15.6 Å². The second kappa shape index (κ2) is 5.08. The highest BCUT2D eigenvalue weighted by Gasteiger charge is 2.19. The predicted octanol–water partition coefficient (Wildman–Crippen LogP) is 2.73. The number of rotatable bonds is 3. The van der Waals surface area contributed by atoms with Gasteiger partial charge in [-0.05, 0) is 38.8 Å². The molecule has 1 fully saturated rings. The monoisotopic (exact) mass is 224 g/mol. The molecule has 2 rings (SSSR count). The summed E-state index contributed by atoms with van der Waals surface area (Å²) in [4.78, 5) is 6.32. The van der Waals surface area contributed by atoms with Crippen molar-refractivity contribution < 1.29 is 0 Å². The maximum Gasteiger partial charge on any atom is 0.0962 e. The second-order valence-corrected chi connectivity index (χ2v) is 5.27. The number of aryl methyl sites for hydroxylation is 2. The lowest BCUT2D eigenvalue weighted by Crippen LogP contribution is -2.26. The third-order valence-corrected chi connectivity index (χ3v) is 4.54. The molecular weight excluding hydrogens is 204 g/mol. The third kappa shape index (κ3) is 2.40. The molecule has 84 valence electrons. The van der Waals surface area contributed by atoms with Gasteiger partial charge in [-0.3, -0.25) is 0 Å². The van der Waals surface area contributed by atoms with E-state index in [1.807, 2.05) is 11.3 Å². The van der Waals surface area contributed by atoms with E-state index < -0.39 is 0 Å². The van der Waals surface area contributed by atoms with E-state index in [4.69, 9.17) is 4.98 Å². The molecule has 3 heteroatoms. The molecular formula is C12H20N2S. The van der Waals surface area contributed by atoms with Crippen LogP contribution in [0, 0.1) is 0 Å². The van der Waals surface area contributed by atoms with Gasteiger partial charge in [0.05, 0.1) is 10.7 Å². The summed E-state index contributed by atoms with van der Waals surface area (Å²) >= 11 is 1.95. The molecule has 0 spiro atoms. The van der Waals surface area contributed by atoms with E-state index in [-0.39, 0.29) is 0 Å². The van der Waals surface area contributed by atoms with Gasteiger partial charge in [0, 0.05) is 10.8 Å². The summed E-state index contributed by atoms with van der Waals surface area (Å²) in [5.74, 6) is 0.724. The van der Waals surface area contributed by atoms with Crippen LogP contribution in [0.4, 0.5) is 0 Å². The molecule has 15 heavy (non-hydrogen) atoms. The van der Waals surface area contributed by atoms with Crippen LogP contribution in [0.2, 0.25) is 0 Å². The minimum atomic E-state index is 0.724. The van der Waals surface area contributed by atoms with E-state index in [1.165, 1.54) is 28.4 Å². The quantitative estimate of drug-likeness (QED) is 0.854. The Labute approximate surface area is 96.1 Å². The number of thiazole rings is 1. The van der Waals surface area contributed by atoms with Crippen molar-refractivity contribution >= 4 is 11.3 Å². The summed E-state index contributed by atoms with van der Waals surface area (Å²) in [7, 11) is 0. The topological polar surface area (TPSA) is 24.9 Å². The first-order chi connectivity index (χ1) is 7.35. The fraction of sp³-hybridized carbons (Fsp3) is 0.750. The third-order valence-electron chi connectivity index (χ3n) is 3.14. The fourth-order valence-corrected chi connectivity index (χ4v) is 3.46. The summed E-state index contributed by atoms with van der Waals surface area (Å²) in [5, 5.41) is 4.80. The molecule has 0 saturated carbocycles. The Morgan fingerprint density at radius 3 is 2.53 bits per heavy atom. The lowest BCUT2D eigenvalue weighted by molar-refractivity contribution is 0.458. The summed E-state index contributed by atoms with van der Waals surface area (Å²) < 4.78 is 0. The van der Waals surface area contributed by atoms with Gasteiger partial charge in [-0.1, -0.05) is 13.8 Å². The van der Waals surface area contributed by atoms with Crippen LogP contribution in [0.3, 0.4) is 0 Å². The van der Waals surface area contributed by atoms with Crippen molar-refractivity contribution in [3.63, 3.8) is 0 Å². The molecule has 0 bridgehead atoms. The minimum Gasteiger partial charge on any atom is -0.317 e. The molecule has 1 aliphatic heterocycles. The Kier molecular flexibility index (Phi) is 3.76. The Hall–Kier alpha value is -0.410. The molecule has 0 aliphatic carbocycles. The van der Waals surface area contributed by atoms with Gasteiger partial charge in [0.25, 0.3) is 0 Å². The molecule has 1 N–H and O–H groups in total. The van der Waals surface area contributed by atoms with Gasteiger partial charge < -0.3 is 5.32 Å². The van der Waals surface area contributed by atoms with Gasteiger partial charge in [0.2, 0.25) is 0 Å². The van der Waals surface area contributed by atoms with Gasteiger partial charge >= 0.3 is 0 Å². The lowest BCUT2D eigenvalue weighted by Gasteiger charge is -2.20. The molecule has 2 nitrogen and oxygen atoms in total. The highest BCUT2D eigenvalue weighted by Crippen LogP contribution is 2.31. The highest BCUT2D eigenvalue weighted by molar-refractivity contribution is 7.11. The van der Waals surface area contributed by atoms with Crippen molar-refractivity contribution in [1.29, 1.82) is 0 Å². The van der Waals surface area contributed by atoms with Gasteiger partial charge in [-0.2, -0.15) is 0 Å². The largest absolute Gasteiger partial charge is 0.317 e. The SMILES string of the molecule is CCc1nc(C2CCNCC2)sc1CC. The van der Waals surface area contributed by atoms with Crippen molar-refractivity contribution in [2.45, 2.75) is 45.4 Å². The number of nitrogens with zero attached hydrogens (tertiary/aromatic N) is 1. The van der Waals surface area contributed by atoms with Crippen molar-refractivity contribution in [3.8, 4) is 0 Å². The Bertz CT molecular complexity index is 292. The fourth-order valence-electron chi connectivity index (χ4n) is 2.20. The second-order valence-electron chi connectivity index (χ2n) is 4.15.